The van der Waals surface area contributed by atoms with E-state index in [1.807, 2.05) is 17.8 Å². The summed E-state index contributed by atoms with van der Waals surface area (Å²) in [5.74, 6) is 0.919. The Hall–Kier alpha value is -1.82. The Morgan fingerprint density at radius 2 is 2.00 bits per heavy atom. The Kier molecular flexibility index (Phi) is 8.16. The highest BCUT2D eigenvalue weighted by Gasteiger charge is 2.19. The number of aryl methyl sites for hydroxylation is 2. The summed E-state index contributed by atoms with van der Waals surface area (Å²) >= 11 is 0. The predicted octanol–water partition coefficient (Wildman–Crippen LogP) is 2.25. The Labute approximate surface area is 158 Å². The lowest BCUT2D eigenvalue weighted by atomic mass is 10.1. The molecule has 2 heterocycles. The van der Waals surface area contributed by atoms with Crippen LogP contribution in [0.1, 0.15) is 50.6 Å². The van der Waals surface area contributed by atoms with Crippen LogP contribution in [0.5, 0.6) is 0 Å². The smallest absolute Gasteiger partial charge is 0.191 e. The van der Waals surface area contributed by atoms with E-state index in [2.05, 4.69) is 48.0 Å². The van der Waals surface area contributed by atoms with Gasteiger partial charge in [0.05, 0.1) is 12.2 Å². The molecule has 0 unspecified atom stereocenters. The number of guanidine groups is 1. The van der Waals surface area contributed by atoms with Gasteiger partial charge >= 0.3 is 0 Å². The van der Waals surface area contributed by atoms with E-state index in [0.29, 0.717) is 12.6 Å². The van der Waals surface area contributed by atoms with Gasteiger partial charge in [-0.2, -0.15) is 5.10 Å². The molecular formula is C20H36N6. The second-order valence-electron chi connectivity index (χ2n) is 6.91. The monoisotopic (exact) mass is 360 g/mol. The highest BCUT2D eigenvalue weighted by molar-refractivity contribution is 5.80. The number of nitrogens with one attached hydrogen (secondary N) is 2. The number of nitrogens with zero attached hydrogens (tertiary/aromatic N) is 4. The number of aromatic nitrogens is 2. The van der Waals surface area contributed by atoms with Gasteiger partial charge in [-0.1, -0.05) is 19.9 Å². The highest BCUT2D eigenvalue weighted by atomic mass is 15.3. The van der Waals surface area contributed by atoms with Crippen LogP contribution >= 0.6 is 0 Å². The van der Waals surface area contributed by atoms with Crippen molar-refractivity contribution in [3.05, 3.63) is 29.6 Å². The fourth-order valence-corrected chi connectivity index (χ4v) is 3.69. The van der Waals surface area contributed by atoms with E-state index < -0.39 is 0 Å². The standard InChI is InChI=1S/C20H36N6/c1-6-12-26-13-10-16(11-14-26)23-20(21-9-4)22-15-17-18(7-2)24-25(5)19(17)8-3/h6,16H,1,7-15H2,2-5H3,(H2,21,22,23). The summed E-state index contributed by atoms with van der Waals surface area (Å²) in [4.78, 5) is 7.33. The molecule has 1 saturated heterocycles. The SMILES string of the molecule is C=CCN1CCC(NC(=NCc2c(CC)nn(C)c2CC)NCC)CC1. The number of rotatable bonds is 8. The molecule has 0 radical (unpaired) electrons. The van der Waals surface area contributed by atoms with E-state index in [1.165, 1.54) is 17.0 Å². The maximum Gasteiger partial charge on any atom is 0.191 e. The van der Waals surface area contributed by atoms with Crippen LogP contribution in [0.2, 0.25) is 0 Å². The molecule has 26 heavy (non-hydrogen) atoms. The average Bonchev–Trinajstić information content (AvgIpc) is 2.96. The van der Waals surface area contributed by atoms with Crippen LogP contribution in [0.15, 0.2) is 17.6 Å². The molecule has 146 valence electrons. The quantitative estimate of drug-likeness (QED) is 0.424. The van der Waals surface area contributed by atoms with Crippen molar-refractivity contribution >= 4 is 5.96 Å². The minimum atomic E-state index is 0.485. The van der Waals surface area contributed by atoms with E-state index in [4.69, 9.17) is 4.99 Å². The molecule has 6 nitrogen and oxygen atoms in total. The molecule has 0 atom stereocenters. The van der Waals surface area contributed by atoms with E-state index in [9.17, 15) is 0 Å². The van der Waals surface area contributed by atoms with Crippen molar-refractivity contribution in [2.24, 2.45) is 12.0 Å². The topological polar surface area (TPSA) is 57.5 Å². The van der Waals surface area contributed by atoms with Crippen molar-refractivity contribution < 1.29 is 0 Å². The first-order valence-corrected chi connectivity index (χ1v) is 10.0. The van der Waals surface area contributed by atoms with Crippen LogP contribution < -0.4 is 10.6 Å². The van der Waals surface area contributed by atoms with Gasteiger partial charge in [0.1, 0.15) is 0 Å². The largest absolute Gasteiger partial charge is 0.357 e. The van der Waals surface area contributed by atoms with Gasteiger partial charge in [0.2, 0.25) is 0 Å². The normalized spacial score (nSPS) is 16.7. The zero-order valence-corrected chi connectivity index (χ0v) is 17.0. The molecule has 2 rings (SSSR count). The average molecular weight is 361 g/mol. The minimum Gasteiger partial charge on any atom is -0.357 e. The summed E-state index contributed by atoms with van der Waals surface area (Å²) in [6.45, 7) is 15.1. The number of likely N-dealkylation sites (tertiary alicyclic amines) is 1. The lowest BCUT2D eigenvalue weighted by Gasteiger charge is -2.32. The van der Waals surface area contributed by atoms with E-state index in [-0.39, 0.29) is 0 Å². The van der Waals surface area contributed by atoms with Crippen molar-refractivity contribution in [1.29, 1.82) is 0 Å². The van der Waals surface area contributed by atoms with Gasteiger partial charge in [-0.15, -0.1) is 6.58 Å². The molecule has 0 aliphatic carbocycles. The van der Waals surface area contributed by atoms with Crippen LogP contribution in [-0.2, 0) is 26.4 Å². The fraction of sp³-hybridized carbons (Fsp3) is 0.700. The fourth-order valence-electron chi connectivity index (χ4n) is 3.69. The molecule has 1 aliphatic rings. The molecule has 1 aromatic rings. The summed E-state index contributed by atoms with van der Waals surface area (Å²) in [5.41, 5.74) is 3.75. The van der Waals surface area contributed by atoms with E-state index >= 15 is 0 Å². The second-order valence-corrected chi connectivity index (χ2v) is 6.91. The molecule has 6 heteroatoms. The first kappa shape index (κ1) is 20.5. The first-order chi connectivity index (χ1) is 12.6. The molecular weight excluding hydrogens is 324 g/mol. The molecule has 0 bridgehead atoms. The van der Waals surface area contributed by atoms with Gasteiger partial charge in [-0.25, -0.2) is 4.99 Å². The van der Waals surface area contributed by atoms with Crippen molar-refractivity contribution in [2.45, 2.75) is 59.0 Å². The van der Waals surface area contributed by atoms with E-state index in [1.54, 1.807) is 0 Å². The summed E-state index contributed by atoms with van der Waals surface area (Å²) in [5, 5.41) is 11.7. The highest BCUT2D eigenvalue weighted by Crippen LogP contribution is 2.17. The van der Waals surface area contributed by atoms with Gasteiger partial charge in [0.25, 0.3) is 0 Å². The number of hydrogen-bond donors (Lipinski definition) is 2. The van der Waals surface area contributed by atoms with Crippen LogP contribution in [0.4, 0.5) is 0 Å². The van der Waals surface area contributed by atoms with Gasteiger partial charge in [0, 0.05) is 50.5 Å². The zero-order chi connectivity index (χ0) is 18.9. The molecule has 0 spiro atoms. The number of piperidine rings is 1. The summed E-state index contributed by atoms with van der Waals surface area (Å²) in [7, 11) is 2.03. The van der Waals surface area contributed by atoms with E-state index in [0.717, 1.165) is 57.8 Å². The lowest BCUT2D eigenvalue weighted by Crippen LogP contribution is -2.48. The van der Waals surface area contributed by atoms with Gasteiger partial charge in [-0.3, -0.25) is 9.58 Å². The zero-order valence-electron chi connectivity index (χ0n) is 17.0. The maximum atomic E-state index is 4.88. The maximum absolute atomic E-state index is 4.88. The summed E-state index contributed by atoms with van der Waals surface area (Å²) < 4.78 is 2.01. The number of aliphatic imine (C=N–C) groups is 1. The van der Waals surface area contributed by atoms with Gasteiger partial charge < -0.3 is 10.6 Å². The van der Waals surface area contributed by atoms with Crippen molar-refractivity contribution in [1.82, 2.24) is 25.3 Å². The first-order valence-electron chi connectivity index (χ1n) is 10.0. The van der Waals surface area contributed by atoms with Crippen LogP contribution in [0, 0.1) is 0 Å². The van der Waals surface area contributed by atoms with Crippen LogP contribution in [-0.4, -0.2) is 52.9 Å². The molecule has 0 saturated carbocycles. The molecule has 0 amide bonds. The Morgan fingerprint density at radius 3 is 2.58 bits per heavy atom. The molecule has 0 aromatic carbocycles. The minimum absolute atomic E-state index is 0.485. The number of hydrogen-bond acceptors (Lipinski definition) is 3. The molecule has 1 fully saturated rings. The van der Waals surface area contributed by atoms with Gasteiger partial charge in [-0.05, 0) is 32.6 Å². The van der Waals surface area contributed by atoms with Crippen molar-refractivity contribution in [3.8, 4) is 0 Å². The third-order valence-electron chi connectivity index (χ3n) is 5.08. The second kappa shape index (κ2) is 10.4. The summed E-state index contributed by atoms with van der Waals surface area (Å²) in [6.07, 6.45) is 6.21. The van der Waals surface area contributed by atoms with Crippen molar-refractivity contribution in [2.75, 3.05) is 26.2 Å². The molecule has 1 aliphatic heterocycles. The third kappa shape index (κ3) is 5.34. The van der Waals surface area contributed by atoms with Crippen LogP contribution in [0.25, 0.3) is 0 Å². The molecule has 1 aromatic heterocycles. The molecule has 2 N–H and O–H groups in total. The van der Waals surface area contributed by atoms with Gasteiger partial charge in [0.15, 0.2) is 5.96 Å². The predicted molar refractivity (Wildman–Crippen MR) is 110 cm³/mol. The lowest BCUT2D eigenvalue weighted by molar-refractivity contribution is 0.225. The Bertz CT molecular complexity index is 596. The Balaban J connectivity index is 2.02. The summed E-state index contributed by atoms with van der Waals surface area (Å²) in [6, 6.07) is 0.485. The Morgan fingerprint density at radius 1 is 1.27 bits per heavy atom. The third-order valence-corrected chi connectivity index (χ3v) is 5.08. The van der Waals surface area contributed by atoms with Crippen LogP contribution in [0.3, 0.4) is 0 Å². The van der Waals surface area contributed by atoms with Crippen molar-refractivity contribution in [3.63, 3.8) is 0 Å².